The van der Waals surface area contributed by atoms with Crippen molar-refractivity contribution >= 4 is 27.6 Å². The Bertz CT molecular complexity index is 1060. The summed E-state index contributed by atoms with van der Waals surface area (Å²) in [5, 5.41) is 10.1. The summed E-state index contributed by atoms with van der Waals surface area (Å²) in [4.78, 5) is 12.4. The second kappa shape index (κ2) is 7.81. The number of amides is 1. The lowest BCUT2D eigenvalue weighted by atomic mass is 10.2. The number of para-hydroxylation sites is 1. The second-order valence-electron chi connectivity index (χ2n) is 6.39. The van der Waals surface area contributed by atoms with Crippen LogP contribution in [0, 0.1) is 0 Å². The fourth-order valence-corrected chi connectivity index (χ4v) is 3.60. The van der Waals surface area contributed by atoms with E-state index in [1.54, 1.807) is 24.3 Å². The number of aromatic nitrogens is 2. The van der Waals surface area contributed by atoms with Gasteiger partial charge >= 0.3 is 6.01 Å². The van der Waals surface area contributed by atoms with Crippen molar-refractivity contribution in [2.75, 3.05) is 16.7 Å². The molecule has 0 atom stereocenters. The SMILES string of the molecule is CC(C)c1nnc(NC(=O)c2ccc(S(=O)(=O)N(C)c3ccccc3)cc2)o1. The lowest BCUT2D eigenvalue weighted by Gasteiger charge is -2.19. The first kappa shape index (κ1) is 19.6. The van der Waals surface area contributed by atoms with Crippen molar-refractivity contribution in [2.45, 2.75) is 24.7 Å². The predicted molar refractivity (Wildman–Crippen MR) is 105 cm³/mol. The molecule has 1 aromatic heterocycles. The van der Waals surface area contributed by atoms with Gasteiger partial charge in [-0.2, -0.15) is 0 Å². The van der Waals surface area contributed by atoms with Crippen LogP contribution in [0.2, 0.25) is 0 Å². The van der Waals surface area contributed by atoms with E-state index in [4.69, 9.17) is 4.42 Å². The first-order valence-corrected chi connectivity index (χ1v) is 10.0. The Hall–Kier alpha value is -3.20. The normalized spacial score (nSPS) is 11.4. The van der Waals surface area contributed by atoms with Gasteiger partial charge in [-0.25, -0.2) is 8.42 Å². The molecule has 146 valence electrons. The van der Waals surface area contributed by atoms with Crippen molar-refractivity contribution in [3.05, 3.63) is 66.1 Å². The number of benzene rings is 2. The zero-order valence-electron chi connectivity index (χ0n) is 15.7. The van der Waals surface area contributed by atoms with Crippen molar-refractivity contribution in [1.82, 2.24) is 10.2 Å². The van der Waals surface area contributed by atoms with Gasteiger partial charge < -0.3 is 4.42 Å². The van der Waals surface area contributed by atoms with Crippen LogP contribution in [0.5, 0.6) is 0 Å². The number of hydrogen-bond acceptors (Lipinski definition) is 6. The molecule has 0 spiro atoms. The molecule has 0 saturated carbocycles. The lowest BCUT2D eigenvalue weighted by Crippen LogP contribution is -2.26. The average molecular weight is 400 g/mol. The van der Waals surface area contributed by atoms with E-state index in [0.29, 0.717) is 11.6 Å². The van der Waals surface area contributed by atoms with Crippen molar-refractivity contribution in [3.63, 3.8) is 0 Å². The maximum atomic E-state index is 12.8. The predicted octanol–water partition coefficient (Wildman–Crippen LogP) is 3.27. The number of rotatable bonds is 6. The lowest BCUT2D eigenvalue weighted by molar-refractivity contribution is 0.102. The topological polar surface area (TPSA) is 105 Å². The Morgan fingerprint density at radius 2 is 1.68 bits per heavy atom. The summed E-state index contributed by atoms with van der Waals surface area (Å²) in [5.74, 6) is -0.00995. The van der Waals surface area contributed by atoms with Crippen LogP contribution in [0.25, 0.3) is 0 Å². The molecule has 8 nitrogen and oxygen atoms in total. The van der Waals surface area contributed by atoms with Gasteiger partial charge in [0.05, 0.1) is 10.6 Å². The van der Waals surface area contributed by atoms with Gasteiger partial charge in [0.15, 0.2) is 0 Å². The summed E-state index contributed by atoms with van der Waals surface area (Å²) in [6, 6.07) is 14.4. The third kappa shape index (κ3) is 4.04. The van der Waals surface area contributed by atoms with Gasteiger partial charge in [-0.3, -0.25) is 14.4 Å². The molecule has 1 heterocycles. The van der Waals surface area contributed by atoms with Crippen LogP contribution in [0.1, 0.15) is 36.0 Å². The molecule has 3 rings (SSSR count). The second-order valence-corrected chi connectivity index (χ2v) is 8.36. The Balaban J connectivity index is 1.76. The molecular weight excluding hydrogens is 380 g/mol. The van der Waals surface area contributed by atoms with Crippen molar-refractivity contribution in [2.24, 2.45) is 0 Å². The van der Waals surface area contributed by atoms with Crippen LogP contribution in [0.3, 0.4) is 0 Å². The van der Waals surface area contributed by atoms with E-state index in [1.807, 2.05) is 19.9 Å². The van der Waals surface area contributed by atoms with E-state index in [0.717, 1.165) is 0 Å². The fraction of sp³-hybridized carbons (Fsp3) is 0.211. The fourth-order valence-electron chi connectivity index (χ4n) is 2.40. The molecular formula is C19H20N4O4S. The van der Waals surface area contributed by atoms with Gasteiger partial charge in [-0.05, 0) is 36.4 Å². The summed E-state index contributed by atoms with van der Waals surface area (Å²) in [6.07, 6.45) is 0. The zero-order chi connectivity index (χ0) is 20.3. The Morgan fingerprint density at radius 3 is 2.25 bits per heavy atom. The maximum absolute atomic E-state index is 12.8. The van der Waals surface area contributed by atoms with Gasteiger partial charge in [0.1, 0.15) is 0 Å². The van der Waals surface area contributed by atoms with Crippen LogP contribution in [0.4, 0.5) is 11.7 Å². The molecule has 1 N–H and O–H groups in total. The monoisotopic (exact) mass is 400 g/mol. The molecule has 0 bridgehead atoms. The number of sulfonamides is 1. The molecule has 1 amide bonds. The largest absolute Gasteiger partial charge is 0.408 e. The minimum atomic E-state index is -3.74. The number of hydrogen-bond donors (Lipinski definition) is 1. The molecule has 0 unspecified atom stereocenters. The molecule has 2 aromatic carbocycles. The number of anilines is 2. The molecule has 0 fully saturated rings. The highest BCUT2D eigenvalue weighted by Gasteiger charge is 2.22. The maximum Gasteiger partial charge on any atom is 0.322 e. The highest BCUT2D eigenvalue weighted by molar-refractivity contribution is 7.92. The Labute approximate surface area is 163 Å². The molecule has 28 heavy (non-hydrogen) atoms. The molecule has 0 saturated heterocycles. The van der Waals surface area contributed by atoms with Gasteiger partial charge in [-0.15, -0.1) is 5.10 Å². The third-order valence-electron chi connectivity index (χ3n) is 4.05. The molecule has 0 aliphatic rings. The summed E-state index contributed by atoms with van der Waals surface area (Å²) in [6.45, 7) is 3.79. The van der Waals surface area contributed by atoms with Gasteiger partial charge in [0.25, 0.3) is 15.9 Å². The average Bonchev–Trinajstić information content (AvgIpc) is 3.17. The van der Waals surface area contributed by atoms with Crippen molar-refractivity contribution in [3.8, 4) is 0 Å². The number of carbonyl (C=O) groups excluding carboxylic acids is 1. The van der Waals surface area contributed by atoms with Crippen LogP contribution in [0.15, 0.2) is 63.9 Å². The van der Waals surface area contributed by atoms with Crippen LogP contribution in [-0.2, 0) is 10.0 Å². The summed E-state index contributed by atoms with van der Waals surface area (Å²) in [7, 11) is -2.26. The van der Waals surface area contributed by atoms with Crippen molar-refractivity contribution < 1.29 is 17.6 Å². The third-order valence-corrected chi connectivity index (χ3v) is 5.85. The highest BCUT2D eigenvalue weighted by atomic mass is 32.2. The van der Waals surface area contributed by atoms with Crippen LogP contribution in [-0.4, -0.2) is 31.6 Å². The highest BCUT2D eigenvalue weighted by Crippen LogP contribution is 2.22. The van der Waals surface area contributed by atoms with E-state index in [9.17, 15) is 13.2 Å². The van der Waals surface area contributed by atoms with Gasteiger partial charge in [-0.1, -0.05) is 37.1 Å². The summed E-state index contributed by atoms with van der Waals surface area (Å²) in [5.41, 5.74) is 0.812. The van der Waals surface area contributed by atoms with E-state index < -0.39 is 15.9 Å². The molecule has 0 aliphatic carbocycles. The Kier molecular flexibility index (Phi) is 5.46. The molecule has 9 heteroatoms. The minimum Gasteiger partial charge on any atom is -0.408 e. The van der Waals surface area contributed by atoms with Gasteiger partial charge in [0, 0.05) is 18.5 Å². The minimum absolute atomic E-state index is 0.00536. The summed E-state index contributed by atoms with van der Waals surface area (Å²) >= 11 is 0. The van der Waals surface area contributed by atoms with E-state index in [1.165, 1.54) is 35.6 Å². The number of nitrogens with one attached hydrogen (secondary N) is 1. The first-order valence-electron chi connectivity index (χ1n) is 8.58. The van der Waals surface area contributed by atoms with Gasteiger partial charge in [0.2, 0.25) is 5.89 Å². The number of nitrogens with zero attached hydrogens (tertiary/aromatic N) is 3. The number of carbonyl (C=O) groups is 1. The van der Waals surface area contributed by atoms with Crippen LogP contribution < -0.4 is 9.62 Å². The molecule has 0 aliphatic heterocycles. The molecule has 3 aromatic rings. The van der Waals surface area contributed by atoms with E-state index in [-0.39, 0.29) is 22.4 Å². The van der Waals surface area contributed by atoms with E-state index in [2.05, 4.69) is 15.5 Å². The van der Waals surface area contributed by atoms with Crippen LogP contribution >= 0.6 is 0 Å². The quantitative estimate of drug-likeness (QED) is 0.681. The van der Waals surface area contributed by atoms with Crippen molar-refractivity contribution in [1.29, 1.82) is 0 Å². The summed E-state index contributed by atoms with van der Waals surface area (Å²) < 4.78 is 32.1. The first-order chi connectivity index (χ1) is 13.3. The smallest absolute Gasteiger partial charge is 0.322 e. The standard InChI is InChI=1S/C19H20N4O4S/c1-13(2)18-21-22-19(27-18)20-17(24)14-9-11-16(12-10-14)28(25,26)23(3)15-7-5-4-6-8-15/h4-13H,1-3H3,(H,20,22,24). The van der Waals surface area contributed by atoms with E-state index >= 15 is 0 Å². The zero-order valence-corrected chi connectivity index (χ0v) is 16.5. The molecule has 0 radical (unpaired) electrons. The Morgan fingerprint density at radius 1 is 1.04 bits per heavy atom.